The molecule has 10 heteroatoms. The number of rotatable bonds is 5. The van der Waals surface area contributed by atoms with Gasteiger partial charge in [-0.2, -0.15) is 9.40 Å². The number of nitrogens with one attached hydrogen (secondary N) is 1. The number of halogens is 2. The molecule has 2 fully saturated rings. The number of benzene rings is 1. The standard InChI is InChI=1S/C20H24F2N4O3S/c21-15-5-6-17(22)18(13-15)30(28,29)25-11-8-14(9-12-25)20(27)24-19-7-10-23-26(19)16-3-1-2-4-16/h5-7,10,13-14,16H,1-4,8-9,11-12H2,(H,24,27). The van der Waals surface area contributed by atoms with Crippen LogP contribution in [0.15, 0.2) is 35.4 Å². The van der Waals surface area contributed by atoms with E-state index in [9.17, 15) is 22.0 Å². The van der Waals surface area contributed by atoms with Gasteiger partial charge < -0.3 is 5.32 Å². The van der Waals surface area contributed by atoms with Crippen LogP contribution in [0.3, 0.4) is 0 Å². The topological polar surface area (TPSA) is 84.3 Å². The largest absolute Gasteiger partial charge is 0.311 e. The van der Waals surface area contributed by atoms with Crippen LogP contribution in [0.25, 0.3) is 0 Å². The lowest BCUT2D eigenvalue weighted by atomic mass is 9.97. The van der Waals surface area contributed by atoms with Crippen LogP contribution in [0.2, 0.25) is 0 Å². The molecule has 162 valence electrons. The molecule has 2 heterocycles. The van der Waals surface area contributed by atoms with E-state index in [0.29, 0.717) is 30.8 Å². The third-order valence-electron chi connectivity index (χ3n) is 5.93. The average molecular weight is 439 g/mol. The van der Waals surface area contributed by atoms with Gasteiger partial charge in [0.15, 0.2) is 0 Å². The fourth-order valence-corrected chi connectivity index (χ4v) is 5.80. The number of carbonyl (C=O) groups excluding carboxylic acids is 1. The van der Waals surface area contributed by atoms with E-state index in [1.807, 2.05) is 4.68 Å². The van der Waals surface area contributed by atoms with Gasteiger partial charge in [0.1, 0.15) is 22.3 Å². The highest BCUT2D eigenvalue weighted by molar-refractivity contribution is 7.89. The fourth-order valence-electron chi connectivity index (χ4n) is 4.25. The molecule has 2 aromatic rings. The SMILES string of the molecule is O=C(Nc1ccnn1C1CCCC1)C1CCN(S(=O)(=O)c2cc(F)ccc2F)CC1. The Hall–Kier alpha value is -2.33. The Morgan fingerprint density at radius 1 is 1.07 bits per heavy atom. The van der Waals surface area contributed by atoms with Crippen LogP contribution in [-0.4, -0.2) is 41.5 Å². The molecule has 4 rings (SSSR count). The minimum absolute atomic E-state index is 0.0677. The lowest BCUT2D eigenvalue weighted by molar-refractivity contribution is -0.121. The number of anilines is 1. The number of nitrogens with zero attached hydrogens (tertiary/aromatic N) is 3. The number of hydrogen-bond acceptors (Lipinski definition) is 4. The van der Waals surface area contributed by atoms with Crippen molar-refractivity contribution >= 4 is 21.7 Å². The molecule has 1 amide bonds. The third kappa shape index (κ3) is 4.11. The summed E-state index contributed by atoms with van der Waals surface area (Å²) >= 11 is 0. The van der Waals surface area contributed by atoms with E-state index in [1.54, 1.807) is 12.3 Å². The molecule has 1 N–H and O–H groups in total. The van der Waals surface area contributed by atoms with Gasteiger partial charge in [-0.05, 0) is 43.9 Å². The van der Waals surface area contributed by atoms with Gasteiger partial charge in [-0.15, -0.1) is 0 Å². The zero-order valence-electron chi connectivity index (χ0n) is 16.4. The van der Waals surface area contributed by atoms with Crippen LogP contribution in [-0.2, 0) is 14.8 Å². The predicted molar refractivity (Wildman–Crippen MR) is 106 cm³/mol. The van der Waals surface area contributed by atoms with E-state index in [2.05, 4.69) is 10.4 Å². The summed E-state index contributed by atoms with van der Waals surface area (Å²) in [4.78, 5) is 12.1. The molecule has 0 radical (unpaired) electrons. The molecule has 0 atom stereocenters. The van der Waals surface area contributed by atoms with Gasteiger partial charge in [-0.3, -0.25) is 4.79 Å². The normalized spacial score (nSPS) is 19.3. The Labute approximate surface area is 174 Å². The summed E-state index contributed by atoms with van der Waals surface area (Å²) in [5.74, 6) is -1.69. The van der Waals surface area contributed by atoms with Crippen molar-refractivity contribution in [2.75, 3.05) is 18.4 Å². The van der Waals surface area contributed by atoms with Crippen LogP contribution in [0.4, 0.5) is 14.6 Å². The van der Waals surface area contributed by atoms with Gasteiger partial charge in [0, 0.05) is 25.1 Å². The first-order valence-electron chi connectivity index (χ1n) is 10.2. The highest BCUT2D eigenvalue weighted by Gasteiger charge is 2.34. The Balaban J connectivity index is 1.39. The molecule has 0 bridgehead atoms. The second-order valence-corrected chi connectivity index (χ2v) is 9.75. The molecule has 1 aliphatic heterocycles. The first kappa shape index (κ1) is 20.9. The average Bonchev–Trinajstić information content (AvgIpc) is 3.41. The second-order valence-electron chi connectivity index (χ2n) is 7.84. The highest BCUT2D eigenvalue weighted by Crippen LogP contribution is 2.32. The molecule has 2 aliphatic rings. The molecule has 1 aromatic carbocycles. The highest BCUT2D eigenvalue weighted by atomic mass is 32.2. The van der Waals surface area contributed by atoms with Crippen molar-refractivity contribution in [2.24, 2.45) is 5.92 Å². The molecule has 7 nitrogen and oxygen atoms in total. The first-order chi connectivity index (χ1) is 14.4. The summed E-state index contributed by atoms with van der Waals surface area (Å²) in [5, 5.41) is 7.26. The van der Waals surface area contributed by atoms with Crippen LogP contribution in [0.5, 0.6) is 0 Å². The summed E-state index contributed by atoms with van der Waals surface area (Å²) < 4.78 is 55.7. The van der Waals surface area contributed by atoms with E-state index < -0.39 is 26.6 Å². The number of sulfonamides is 1. The van der Waals surface area contributed by atoms with Crippen molar-refractivity contribution in [1.29, 1.82) is 0 Å². The van der Waals surface area contributed by atoms with Gasteiger partial charge >= 0.3 is 0 Å². The summed E-state index contributed by atoms with van der Waals surface area (Å²) in [6.45, 7) is 0.135. The lowest BCUT2D eigenvalue weighted by Crippen LogP contribution is -2.41. The molecule has 1 aromatic heterocycles. The van der Waals surface area contributed by atoms with Crippen molar-refractivity contribution in [3.05, 3.63) is 42.1 Å². The Kier molecular flexibility index (Phi) is 5.88. The minimum Gasteiger partial charge on any atom is -0.311 e. The van der Waals surface area contributed by atoms with Gasteiger partial charge in [0.05, 0.1) is 12.2 Å². The monoisotopic (exact) mass is 438 g/mol. The summed E-state index contributed by atoms with van der Waals surface area (Å²) in [6.07, 6.45) is 6.65. The van der Waals surface area contributed by atoms with Gasteiger partial charge in [-0.25, -0.2) is 21.9 Å². The van der Waals surface area contributed by atoms with Crippen LogP contribution < -0.4 is 5.32 Å². The van der Waals surface area contributed by atoms with E-state index in [4.69, 9.17) is 0 Å². The maximum atomic E-state index is 14.0. The van der Waals surface area contributed by atoms with Gasteiger partial charge in [-0.1, -0.05) is 12.8 Å². The van der Waals surface area contributed by atoms with Crippen LogP contribution >= 0.6 is 0 Å². The molecule has 1 aliphatic carbocycles. The molecular weight excluding hydrogens is 414 g/mol. The summed E-state index contributed by atoms with van der Waals surface area (Å²) in [5.41, 5.74) is 0. The van der Waals surface area contributed by atoms with Crippen LogP contribution in [0.1, 0.15) is 44.6 Å². The van der Waals surface area contributed by atoms with E-state index in [1.165, 1.54) is 0 Å². The quantitative estimate of drug-likeness (QED) is 0.776. The van der Waals surface area contributed by atoms with E-state index in [0.717, 1.165) is 42.1 Å². The Morgan fingerprint density at radius 3 is 2.47 bits per heavy atom. The van der Waals surface area contributed by atoms with Crippen molar-refractivity contribution in [2.45, 2.75) is 49.5 Å². The zero-order valence-corrected chi connectivity index (χ0v) is 17.2. The number of hydrogen-bond donors (Lipinski definition) is 1. The van der Waals surface area contributed by atoms with Crippen molar-refractivity contribution in [1.82, 2.24) is 14.1 Å². The third-order valence-corrected chi connectivity index (χ3v) is 7.84. The fraction of sp³-hybridized carbons (Fsp3) is 0.500. The van der Waals surface area contributed by atoms with Crippen molar-refractivity contribution in [3.8, 4) is 0 Å². The Bertz CT molecular complexity index is 1030. The second kappa shape index (κ2) is 8.43. The number of amides is 1. The number of carbonyl (C=O) groups is 1. The molecule has 30 heavy (non-hydrogen) atoms. The zero-order chi connectivity index (χ0) is 21.3. The molecule has 1 saturated carbocycles. The molecule has 0 spiro atoms. The van der Waals surface area contributed by atoms with Crippen molar-refractivity contribution < 1.29 is 22.0 Å². The van der Waals surface area contributed by atoms with Crippen molar-refractivity contribution in [3.63, 3.8) is 0 Å². The predicted octanol–water partition coefficient (Wildman–Crippen LogP) is 3.32. The molecule has 0 unspecified atom stereocenters. The van der Waals surface area contributed by atoms with E-state index >= 15 is 0 Å². The number of piperidine rings is 1. The summed E-state index contributed by atoms with van der Waals surface area (Å²) in [6, 6.07) is 4.43. The maximum absolute atomic E-state index is 14.0. The van der Waals surface area contributed by atoms with Gasteiger partial charge in [0.25, 0.3) is 0 Å². The smallest absolute Gasteiger partial charge is 0.246 e. The maximum Gasteiger partial charge on any atom is 0.246 e. The first-order valence-corrected chi connectivity index (χ1v) is 11.6. The molecule has 1 saturated heterocycles. The minimum atomic E-state index is -4.16. The lowest BCUT2D eigenvalue weighted by Gasteiger charge is -2.30. The van der Waals surface area contributed by atoms with Gasteiger partial charge in [0.2, 0.25) is 15.9 Å². The summed E-state index contributed by atoms with van der Waals surface area (Å²) in [7, 11) is -4.16. The number of aromatic nitrogens is 2. The molecular formula is C20H24F2N4O3S. The Morgan fingerprint density at radius 2 is 1.77 bits per heavy atom. The van der Waals surface area contributed by atoms with Crippen LogP contribution in [0, 0.1) is 17.6 Å². The van der Waals surface area contributed by atoms with E-state index in [-0.39, 0.29) is 24.9 Å².